The molecule has 0 radical (unpaired) electrons. The highest BCUT2D eigenvalue weighted by Crippen LogP contribution is 2.41. The van der Waals surface area contributed by atoms with Gasteiger partial charge in [-0.2, -0.15) is 0 Å². The van der Waals surface area contributed by atoms with Crippen LogP contribution in [0.25, 0.3) is 10.9 Å². The summed E-state index contributed by atoms with van der Waals surface area (Å²) < 4.78 is 52.4. The lowest BCUT2D eigenvalue weighted by molar-refractivity contribution is -0.318. The van der Waals surface area contributed by atoms with Crippen LogP contribution in [0.4, 0.5) is 0 Å². The van der Waals surface area contributed by atoms with Gasteiger partial charge in [-0.15, -0.1) is 0 Å². The molecule has 2 unspecified atom stereocenters. The van der Waals surface area contributed by atoms with Gasteiger partial charge in [-0.25, -0.2) is 4.79 Å². The minimum Gasteiger partial charge on any atom is -0.462 e. The van der Waals surface area contributed by atoms with Crippen LogP contribution < -0.4 is 5.43 Å². The molecule has 0 aliphatic carbocycles. The summed E-state index contributed by atoms with van der Waals surface area (Å²) >= 11 is 0. The normalized spacial score (nSPS) is 37.0. The van der Waals surface area contributed by atoms with Gasteiger partial charge >= 0.3 is 17.9 Å². The van der Waals surface area contributed by atoms with Gasteiger partial charge in [0.25, 0.3) is 0 Å². The van der Waals surface area contributed by atoms with E-state index in [2.05, 4.69) is 9.80 Å². The standard InChI is InChI=1S/C62H103N5O16/c1-17-48-62(12,75)54(71)41(8)64(15)35-37(4)33-60(10,74)55(83-59-52(70)47(63(13)14)31-38(5)78-59)39(6)53(40(7)57(72)80-48)82-50-34-61(11,76-16)56(42(9)79-50)81-49(68)24-26-66-29-27-65(28-30-66)25-20-21-43-22-23-46-44(32-43)51(69)45(36-67(46)18-2)58(73)77-19-3/h22-23,32,36-42,47-48,50,52-56,59,70-71,74-75H,17-21,24-31,33-35H2,1-16H3/t37-,38-,39+,40-,41-,42+,47+,48-,50?,52+,53+,54-,55-,56+,59?,60-,61+,62-/m1/s1. The summed E-state index contributed by atoms with van der Waals surface area (Å²) in [5.41, 5.74) is -3.06. The maximum Gasteiger partial charge on any atom is 0.343 e. The predicted molar refractivity (Wildman–Crippen MR) is 314 cm³/mol. The minimum atomic E-state index is -1.85. The molecule has 4 fully saturated rings. The van der Waals surface area contributed by atoms with E-state index in [-0.39, 0.29) is 61.3 Å². The number of hydrogen-bond acceptors (Lipinski definition) is 20. The van der Waals surface area contributed by atoms with E-state index >= 15 is 0 Å². The van der Waals surface area contributed by atoms with Crippen molar-refractivity contribution in [3.05, 3.63) is 45.7 Å². The fraction of sp³-hybridized carbons (Fsp3) is 0.806. The van der Waals surface area contributed by atoms with Crippen molar-refractivity contribution in [1.82, 2.24) is 24.2 Å². The fourth-order valence-electron chi connectivity index (χ4n) is 13.4. The van der Waals surface area contributed by atoms with Crippen LogP contribution in [0.3, 0.4) is 0 Å². The average molecular weight is 1170 g/mol. The van der Waals surface area contributed by atoms with Crippen molar-refractivity contribution in [1.29, 1.82) is 0 Å². The van der Waals surface area contributed by atoms with Crippen molar-refractivity contribution < 1.29 is 72.7 Å². The van der Waals surface area contributed by atoms with E-state index in [1.54, 1.807) is 54.8 Å². The van der Waals surface area contributed by atoms with E-state index in [4.69, 9.17) is 37.9 Å². The van der Waals surface area contributed by atoms with Gasteiger partial charge in [0.05, 0.1) is 54.5 Å². The van der Waals surface area contributed by atoms with Gasteiger partial charge < -0.3 is 82.5 Å². The first-order chi connectivity index (χ1) is 39.0. The second-order valence-corrected chi connectivity index (χ2v) is 25.4. The monoisotopic (exact) mass is 1170 g/mol. The molecule has 4 aliphatic rings. The Labute approximate surface area is 493 Å². The quantitative estimate of drug-likeness (QED) is 0.118. The van der Waals surface area contributed by atoms with Crippen molar-refractivity contribution in [2.24, 2.45) is 17.8 Å². The Morgan fingerprint density at radius 2 is 1.54 bits per heavy atom. The van der Waals surface area contributed by atoms with E-state index in [0.717, 1.165) is 56.6 Å². The number of ether oxygens (including phenoxy) is 8. The largest absolute Gasteiger partial charge is 0.462 e. The van der Waals surface area contributed by atoms with Crippen LogP contribution >= 0.6 is 0 Å². The van der Waals surface area contributed by atoms with Crippen LogP contribution in [0, 0.1) is 17.8 Å². The number of cyclic esters (lactones) is 1. The molecule has 0 saturated carbocycles. The number of pyridine rings is 1. The van der Waals surface area contributed by atoms with E-state index in [1.165, 1.54) is 6.92 Å². The molecule has 21 nitrogen and oxygen atoms in total. The second kappa shape index (κ2) is 29.3. The first-order valence-electron chi connectivity index (χ1n) is 30.5. The topological polar surface area (TPSA) is 241 Å². The Kier molecular flexibility index (Phi) is 24.2. The van der Waals surface area contributed by atoms with Gasteiger partial charge in [0.15, 0.2) is 18.7 Å². The Balaban J connectivity index is 1.13. The zero-order chi connectivity index (χ0) is 61.5. The number of piperazine rings is 1. The summed E-state index contributed by atoms with van der Waals surface area (Å²) in [6, 6.07) is 5.01. The Bertz CT molecular complexity index is 2500. The molecule has 0 bridgehead atoms. The number of nitrogens with zero attached hydrogens (tertiary/aromatic N) is 5. The van der Waals surface area contributed by atoms with E-state index in [0.29, 0.717) is 31.4 Å². The summed E-state index contributed by atoms with van der Waals surface area (Å²) in [5, 5.41) is 48.8. The number of carbonyl (C=O) groups is 3. The first kappa shape index (κ1) is 68.4. The number of esters is 3. The molecule has 83 heavy (non-hydrogen) atoms. The molecule has 4 aliphatic heterocycles. The van der Waals surface area contributed by atoms with Crippen LogP contribution in [-0.2, 0) is 60.4 Å². The SMILES string of the molecule is CCOC(=O)c1cn(CC)c2ccc(CCCN3CCN(CCC(=O)O[C@H]4[C@H](C)OC(O[C@H]5[C@H](C)[C@@H](OC6O[C@H](C)C[C@H](N(C)C)[C@@H]6O)[C@](C)(O)C[C@@H](C)CN(C)[C@H](C)[C@@H](O)[C@](C)(O)[C@@H](CC)OC(=O)[C@@H]5C)C[C@]4(C)OC)CC3)cc2c1=O. The molecular weight excluding hydrogens is 1070 g/mol. The number of fused-ring (bicyclic) bond motifs is 1. The number of methoxy groups -OCH3 is 1. The predicted octanol–water partition coefficient (Wildman–Crippen LogP) is 4.60. The van der Waals surface area contributed by atoms with Crippen LogP contribution in [0.15, 0.2) is 29.2 Å². The molecule has 4 saturated heterocycles. The summed E-state index contributed by atoms with van der Waals surface area (Å²) in [7, 11) is 7.14. The number of carbonyl (C=O) groups excluding carboxylic acids is 3. The number of aryl methyl sites for hydroxylation is 2. The molecule has 1 aromatic carbocycles. The third-order valence-electron chi connectivity index (χ3n) is 18.4. The van der Waals surface area contributed by atoms with E-state index < -0.39 is 108 Å². The molecule has 18 atom stereocenters. The number of aromatic nitrogens is 1. The molecule has 4 N–H and O–H groups in total. The van der Waals surface area contributed by atoms with Gasteiger partial charge in [-0.3, -0.25) is 14.4 Å². The number of likely N-dealkylation sites (N-methyl/N-ethyl adjacent to an activating group) is 2. The van der Waals surface area contributed by atoms with Crippen LogP contribution in [-0.4, -0.2) is 233 Å². The smallest absolute Gasteiger partial charge is 0.343 e. The number of aliphatic hydroxyl groups is 4. The third-order valence-corrected chi connectivity index (χ3v) is 18.4. The fourth-order valence-corrected chi connectivity index (χ4v) is 13.4. The van der Waals surface area contributed by atoms with Crippen LogP contribution in [0.2, 0.25) is 0 Å². The van der Waals surface area contributed by atoms with Crippen molar-refractivity contribution in [3.8, 4) is 0 Å². The van der Waals surface area contributed by atoms with Crippen molar-refractivity contribution in [2.75, 3.05) is 80.7 Å². The molecule has 0 spiro atoms. The molecule has 6 rings (SSSR count). The summed E-state index contributed by atoms with van der Waals surface area (Å²) in [4.78, 5) is 62.9. The van der Waals surface area contributed by atoms with E-state index in [1.807, 2.05) is 88.3 Å². The number of hydrogen-bond donors (Lipinski definition) is 4. The number of rotatable bonds is 18. The Morgan fingerprint density at radius 3 is 2.16 bits per heavy atom. The molecule has 5 heterocycles. The van der Waals surface area contributed by atoms with Crippen LogP contribution in [0.5, 0.6) is 0 Å². The van der Waals surface area contributed by atoms with Crippen molar-refractivity contribution >= 4 is 28.8 Å². The summed E-state index contributed by atoms with van der Waals surface area (Å²) in [6.07, 6.45) is -5.45. The molecule has 0 amide bonds. The zero-order valence-corrected chi connectivity index (χ0v) is 52.7. The lowest BCUT2D eigenvalue weighted by atomic mass is 9.77. The van der Waals surface area contributed by atoms with Crippen molar-refractivity contribution in [3.63, 3.8) is 0 Å². The lowest BCUT2D eigenvalue weighted by Gasteiger charge is -2.49. The highest BCUT2D eigenvalue weighted by atomic mass is 16.7. The third kappa shape index (κ3) is 16.5. The van der Waals surface area contributed by atoms with Crippen molar-refractivity contribution in [2.45, 2.75) is 225 Å². The van der Waals surface area contributed by atoms with Crippen LogP contribution in [0.1, 0.15) is 138 Å². The Hall–Kier alpha value is -3.68. The second-order valence-electron chi connectivity index (χ2n) is 25.4. The Morgan fingerprint density at radius 1 is 0.880 bits per heavy atom. The highest BCUT2D eigenvalue weighted by molar-refractivity contribution is 5.94. The molecular formula is C62H103N5O16. The molecule has 472 valence electrons. The van der Waals surface area contributed by atoms with Gasteiger partial charge in [-0.1, -0.05) is 26.8 Å². The molecule has 21 heteroatoms. The maximum absolute atomic E-state index is 14.7. The molecule has 2 aromatic rings. The van der Waals surface area contributed by atoms with Gasteiger partial charge in [-0.05, 0) is 146 Å². The average Bonchev–Trinajstić information content (AvgIpc) is 3.50. The van der Waals surface area contributed by atoms with Gasteiger partial charge in [0, 0.05) is 88.9 Å². The minimum absolute atomic E-state index is 0.0431. The summed E-state index contributed by atoms with van der Waals surface area (Å²) in [6.45, 7) is 27.2. The highest BCUT2D eigenvalue weighted by Gasteiger charge is 2.54. The lowest BCUT2D eigenvalue weighted by Crippen LogP contribution is -2.61. The maximum atomic E-state index is 14.7. The van der Waals surface area contributed by atoms with E-state index in [9.17, 15) is 39.6 Å². The first-order valence-corrected chi connectivity index (χ1v) is 30.5. The number of benzene rings is 1. The summed E-state index contributed by atoms with van der Waals surface area (Å²) in [5.74, 6) is -3.83. The van der Waals surface area contributed by atoms with Gasteiger partial charge in [0.1, 0.15) is 35.1 Å². The number of aliphatic hydroxyl groups excluding tert-OH is 2. The van der Waals surface area contributed by atoms with Gasteiger partial charge in [0.2, 0.25) is 5.43 Å². The zero-order valence-electron chi connectivity index (χ0n) is 52.7. The molecule has 1 aromatic heterocycles.